The molecule has 0 bridgehead atoms. The van der Waals surface area contributed by atoms with Crippen molar-refractivity contribution in [1.82, 2.24) is 5.32 Å². The number of carbonyl (C=O) groups is 1. The molecule has 0 saturated carbocycles. The van der Waals surface area contributed by atoms with Crippen LogP contribution in [0.5, 0.6) is 5.75 Å². The van der Waals surface area contributed by atoms with Crippen LogP contribution < -0.4 is 10.1 Å². The Morgan fingerprint density at radius 2 is 2.30 bits per heavy atom. The lowest BCUT2D eigenvalue weighted by Gasteiger charge is -2.16. The van der Waals surface area contributed by atoms with E-state index in [-0.39, 0.29) is 12.0 Å². The first-order chi connectivity index (χ1) is 9.65. The third-order valence-corrected chi connectivity index (χ3v) is 3.80. The van der Waals surface area contributed by atoms with Crippen molar-refractivity contribution in [3.05, 3.63) is 27.7 Å². The van der Waals surface area contributed by atoms with Crippen LogP contribution in [0.25, 0.3) is 0 Å². The molecule has 1 aromatic carbocycles. The standard InChI is InChI=1S/C15H20BrNO3/c1-3-13(15(18)19-4-2)17-9-11-8-12(16)7-10-5-6-20-14(10)11/h7-8,13,17H,3-6,9H2,1-2H3. The van der Waals surface area contributed by atoms with Crippen molar-refractivity contribution >= 4 is 21.9 Å². The van der Waals surface area contributed by atoms with Crippen LogP contribution in [0.2, 0.25) is 0 Å². The molecule has 1 aliphatic heterocycles. The molecule has 0 aromatic heterocycles. The molecule has 0 amide bonds. The Labute approximate surface area is 128 Å². The maximum Gasteiger partial charge on any atom is 0.323 e. The van der Waals surface area contributed by atoms with Gasteiger partial charge in [-0.3, -0.25) is 4.79 Å². The second kappa shape index (κ2) is 7.09. The number of carbonyl (C=O) groups excluding carboxylic acids is 1. The molecular formula is C15H20BrNO3. The number of fused-ring (bicyclic) bond motifs is 1. The molecule has 1 heterocycles. The first-order valence-electron chi connectivity index (χ1n) is 6.99. The van der Waals surface area contributed by atoms with Crippen molar-refractivity contribution in [3.8, 4) is 5.75 Å². The molecule has 0 saturated heterocycles. The highest BCUT2D eigenvalue weighted by atomic mass is 79.9. The first-order valence-corrected chi connectivity index (χ1v) is 7.79. The van der Waals surface area contributed by atoms with Crippen molar-refractivity contribution in [2.24, 2.45) is 0 Å². The van der Waals surface area contributed by atoms with Gasteiger partial charge in [-0.15, -0.1) is 0 Å². The van der Waals surface area contributed by atoms with E-state index in [0.717, 1.165) is 28.8 Å². The number of hydrogen-bond acceptors (Lipinski definition) is 4. The molecule has 1 atom stereocenters. The predicted molar refractivity (Wildman–Crippen MR) is 80.9 cm³/mol. The number of halogens is 1. The van der Waals surface area contributed by atoms with Gasteiger partial charge in [0.2, 0.25) is 0 Å². The quantitative estimate of drug-likeness (QED) is 0.808. The Hall–Kier alpha value is -1.07. The van der Waals surface area contributed by atoms with Crippen molar-refractivity contribution in [2.75, 3.05) is 13.2 Å². The predicted octanol–water partition coefficient (Wildman–Crippen LogP) is 2.82. The normalized spacial score (nSPS) is 14.6. The monoisotopic (exact) mass is 341 g/mol. The number of esters is 1. The van der Waals surface area contributed by atoms with Gasteiger partial charge in [0, 0.05) is 23.0 Å². The maximum atomic E-state index is 11.8. The Balaban J connectivity index is 2.05. The molecule has 1 aliphatic rings. The Morgan fingerprint density at radius 1 is 1.50 bits per heavy atom. The fourth-order valence-corrected chi connectivity index (χ4v) is 2.90. The number of ether oxygens (including phenoxy) is 2. The highest BCUT2D eigenvalue weighted by molar-refractivity contribution is 9.10. The van der Waals surface area contributed by atoms with E-state index in [1.165, 1.54) is 5.56 Å². The maximum absolute atomic E-state index is 11.8. The average Bonchev–Trinajstić information content (AvgIpc) is 2.87. The van der Waals surface area contributed by atoms with Gasteiger partial charge in [-0.2, -0.15) is 0 Å². The van der Waals surface area contributed by atoms with Gasteiger partial charge in [0.25, 0.3) is 0 Å². The zero-order valence-electron chi connectivity index (χ0n) is 11.9. The highest BCUT2D eigenvalue weighted by Crippen LogP contribution is 2.32. The van der Waals surface area contributed by atoms with Crippen LogP contribution >= 0.6 is 15.9 Å². The number of nitrogens with one attached hydrogen (secondary N) is 1. The van der Waals surface area contributed by atoms with Crippen LogP contribution in [0, 0.1) is 0 Å². The lowest BCUT2D eigenvalue weighted by molar-refractivity contribution is -0.145. The highest BCUT2D eigenvalue weighted by Gasteiger charge is 2.20. The van der Waals surface area contributed by atoms with E-state index in [0.29, 0.717) is 19.6 Å². The third-order valence-electron chi connectivity index (χ3n) is 3.34. The molecular weight excluding hydrogens is 322 g/mol. The Bertz CT molecular complexity index is 490. The summed E-state index contributed by atoms with van der Waals surface area (Å²) < 4.78 is 11.8. The molecule has 4 nitrogen and oxygen atoms in total. The Kier molecular flexibility index (Phi) is 5.43. The minimum Gasteiger partial charge on any atom is -0.493 e. The Morgan fingerprint density at radius 3 is 3.00 bits per heavy atom. The van der Waals surface area contributed by atoms with Gasteiger partial charge in [-0.25, -0.2) is 0 Å². The molecule has 110 valence electrons. The van der Waals surface area contributed by atoms with Crippen LogP contribution in [0.4, 0.5) is 0 Å². The van der Waals surface area contributed by atoms with Crippen LogP contribution in [0.1, 0.15) is 31.4 Å². The molecule has 20 heavy (non-hydrogen) atoms. The lowest BCUT2D eigenvalue weighted by Crippen LogP contribution is -2.37. The number of rotatable bonds is 6. The summed E-state index contributed by atoms with van der Waals surface area (Å²) in [5.74, 6) is 0.766. The first kappa shape index (κ1) is 15.3. The summed E-state index contributed by atoms with van der Waals surface area (Å²) >= 11 is 3.52. The number of hydrogen-bond donors (Lipinski definition) is 1. The molecule has 2 rings (SSSR count). The van der Waals surface area contributed by atoms with Gasteiger partial charge < -0.3 is 14.8 Å². The lowest BCUT2D eigenvalue weighted by atomic mass is 10.1. The van der Waals surface area contributed by atoms with Gasteiger partial charge in [0.1, 0.15) is 11.8 Å². The summed E-state index contributed by atoms with van der Waals surface area (Å²) in [6.45, 7) is 5.52. The smallest absolute Gasteiger partial charge is 0.323 e. The van der Waals surface area contributed by atoms with Gasteiger partial charge in [-0.1, -0.05) is 22.9 Å². The van der Waals surface area contributed by atoms with Crippen molar-refractivity contribution in [1.29, 1.82) is 0 Å². The minimum absolute atomic E-state index is 0.192. The summed E-state index contributed by atoms with van der Waals surface area (Å²) in [6, 6.07) is 3.86. The van der Waals surface area contributed by atoms with E-state index in [2.05, 4.69) is 27.3 Å². The van der Waals surface area contributed by atoms with Crippen LogP contribution in [0.15, 0.2) is 16.6 Å². The van der Waals surface area contributed by atoms with Crippen molar-refractivity contribution in [2.45, 2.75) is 39.3 Å². The van der Waals surface area contributed by atoms with Gasteiger partial charge >= 0.3 is 5.97 Å². The van der Waals surface area contributed by atoms with Gasteiger partial charge in [0.05, 0.1) is 13.2 Å². The SMILES string of the molecule is CCOC(=O)C(CC)NCc1cc(Br)cc2c1OCC2. The van der Waals surface area contributed by atoms with E-state index in [9.17, 15) is 4.79 Å². The molecule has 0 aliphatic carbocycles. The summed E-state index contributed by atoms with van der Waals surface area (Å²) in [5.41, 5.74) is 2.30. The van der Waals surface area contributed by atoms with E-state index in [1.54, 1.807) is 0 Å². The third kappa shape index (κ3) is 3.52. The minimum atomic E-state index is -0.272. The topological polar surface area (TPSA) is 47.6 Å². The van der Waals surface area contributed by atoms with E-state index >= 15 is 0 Å². The van der Waals surface area contributed by atoms with Gasteiger partial charge in [-0.05, 0) is 31.0 Å². The summed E-state index contributed by atoms with van der Waals surface area (Å²) in [5, 5.41) is 3.25. The fourth-order valence-electron chi connectivity index (χ4n) is 2.35. The fraction of sp³-hybridized carbons (Fsp3) is 0.533. The van der Waals surface area contributed by atoms with E-state index in [1.807, 2.05) is 19.9 Å². The van der Waals surface area contributed by atoms with Crippen molar-refractivity contribution in [3.63, 3.8) is 0 Å². The molecule has 0 fully saturated rings. The van der Waals surface area contributed by atoms with Crippen LogP contribution in [0.3, 0.4) is 0 Å². The summed E-state index contributed by atoms with van der Waals surface area (Å²) in [6.07, 6.45) is 1.65. The summed E-state index contributed by atoms with van der Waals surface area (Å²) in [4.78, 5) is 11.8. The number of benzene rings is 1. The van der Waals surface area contributed by atoms with E-state index < -0.39 is 0 Å². The van der Waals surface area contributed by atoms with Crippen LogP contribution in [-0.4, -0.2) is 25.2 Å². The van der Waals surface area contributed by atoms with Crippen LogP contribution in [-0.2, 0) is 22.5 Å². The van der Waals surface area contributed by atoms with Gasteiger partial charge in [0.15, 0.2) is 0 Å². The van der Waals surface area contributed by atoms with E-state index in [4.69, 9.17) is 9.47 Å². The second-order valence-electron chi connectivity index (χ2n) is 4.75. The second-order valence-corrected chi connectivity index (χ2v) is 5.66. The largest absolute Gasteiger partial charge is 0.493 e. The molecule has 1 N–H and O–H groups in total. The average molecular weight is 342 g/mol. The molecule has 1 unspecified atom stereocenters. The molecule has 1 aromatic rings. The zero-order valence-corrected chi connectivity index (χ0v) is 13.5. The molecule has 0 spiro atoms. The summed E-state index contributed by atoms with van der Waals surface area (Å²) in [7, 11) is 0. The molecule has 5 heteroatoms. The molecule has 0 radical (unpaired) electrons. The zero-order chi connectivity index (χ0) is 14.5. The van der Waals surface area contributed by atoms with Crippen molar-refractivity contribution < 1.29 is 14.3 Å².